The highest BCUT2D eigenvalue weighted by atomic mass is 32.2. The molecule has 0 spiro atoms. The van der Waals surface area contributed by atoms with Gasteiger partial charge in [0, 0.05) is 19.5 Å². The van der Waals surface area contributed by atoms with Crippen molar-refractivity contribution in [1.82, 2.24) is 4.31 Å². The first-order valence-electron chi connectivity index (χ1n) is 2.96. The summed E-state index contributed by atoms with van der Waals surface area (Å²) < 4.78 is 1.70. The molecule has 0 aromatic heterocycles. The fraction of sp³-hybridized carbons (Fsp3) is 0.286. The lowest BCUT2D eigenvalue weighted by molar-refractivity contribution is -0.132. The van der Waals surface area contributed by atoms with E-state index in [9.17, 15) is 4.79 Å². The highest BCUT2D eigenvalue weighted by Crippen LogP contribution is 2.05. The van der Waals surface area contributed by atoms with Crippen molar-refractivity contribution in [1.29, 1.82) is 0 Å². The van der Waals surface area contributed by atoms with Crippen LogP contribution in [0.2, 0.25) is 0 Å². The smallest absolute Gasteiger partial charge is 0.337 e. The van der Waals surface area contributed by atoms with E-state index in [0.29, 0.717) is 0 Å². The van der Waals surface area contributed by atoms with Crippen LogP contribution in [0.4, 0.5) is 0 Å². The van der Waals surface area contributed by atoms with Gasteiger partial charge in [0.25, 0.3) is 0 Å². The number of carboxylic acid groups (broad SMARTS) is 1. The minimum atomic E-state index is -0.957. The van der Waals surface area contributed by atoms with E-state index in [1.165, 1.54) is 24.2 Å². The summed E-state index contributed by atoms with van der Waals surface area (Å²) in [6, 6.07) is 0. The summed E-state index contributed by atoms with van der Waals surface area (Å²) in [5, 5.41) is 8.54. The molecule has 0 radical (unpaired) electrons. The fourth-order valence-electron chi connectivity index (χ4n) is 0.444. The Kier molecular flexibility index (Phi) is 4.45. The summed E-state index contributed by atoms with van der Waals surface area (Å²) in [4.78, 5) is 10.4. The van der Waals surface area contributed by atoms with E-state index in [0.717, 1.165) is 0 Å². The Bertz CT molecular complexity index is 189. The zero-order chi connectivity index (χ0) is 8.85. The molecule has 0 aliphatic carbocycles. The average Bonchev–Trinajstić information content (AvgIpc) is 1.99. The maximum atomic E-state index is 10.4. The largest absolute Gasteiger partial charge is 0.478 e. The molecule has 11 heavy (non-hydrogen) atoms. The normalized spacial score (nSPS) is 10.9. The third-order valence-electron chi connectivity index (χ3n) is 1.08. The van der Waals surface area contributed by atoms with Gasteiger partial charge in [-0.3, -0.25) is 0 Å². The third-order valence-corrected chi connectivity index (χ3v) is 1.76. The van der Waals surface area contributed by atoms with E-state index >= 15 is 0 Å². The van der Waals surface area contributed by atoms with Crippen molar-refractivity contribution in [2.75, 3.05) is 13.3 Å². The molecule has 0 heterocycles. The maximum Gasteiger partial charge on any atom is 0.337 e. The average molecular weight is 173 g/mol. The van der Waals surface area contributed by atoms with Crippen molar-refractivity contribution < 1.29 is 9.90 Å². The molecule has 3 nitrogen and oxygen atoms in total. The van der Waals surface area contributed by atoms with Gasteiger partial charge in [-0.15, -0.1) is 0 Å². The van der Waals surface area contributed by atoms with E-state index in [4.69, 9.17) is 5.11 Å². The van der Waals surface area contributed by atoms with E-state index in [2.05, 4.69) is 6.58 Å². The first-order valence-corrected chi connectivity index (χ1v) is 4.14. The van der Waals surface area contributed by atoms with Crippen molar-refractivity contribution in [3.63, 3.8) is 0 Å². The summed E-state index contributed by atoms with van der Waals surface area (Å²) in [5.74, 6) is -0.957. The number of carboxylic acids is 1. The Labute approximate surface area is 70.5 Å². The molecule has 4 heteroatoms. The lowest BCUT2D eigenvalue weighted by atomic mass is 10.3. The Balaban J connectivity index is 4.34. The highest BCUT2D eigenvalue weighted by Gasteiger charge is 2.02. The molecule has 0 aromatic carbocycles. The summed E-state index contributed by atoms with van der Waals surface area (Å²) in [7, 11) is 1.77. The number of aliphatic carboxylic acids is 1. The monoisotopic (exact) mass is 173 g/mol. The molecule has 0 atom stereocenters. The van der Waals surface area contributed by atoms with Gasteiger partial charge in [-0.2, -0.15) is 0 Å². The lowest BCUT2D eigenvalue weighted by Crippen LogP contribution is -2.04. The lowest BCUT2D eigenvalue weighted by Gasteiger charge is -2.08. The second-order valence-corrected chi connectivity index (χ2v) is 2.76. The van der Waals surface area contributed by atoms with Crippen LogP contribution in [0.25, 0.3) is 0 Å². The van der Waals surface area contributed by atoms with Gasteiger partial charge in [-0.25, -0.2) is 4.79 Å². The van der Waals surface area contributed by atoms with Gasteiger partial charge in [0.1, 0.15) is 0 Å². The molecule has 0 aromatic rings. The summed E-state index contributed by atoms with van der Waals surface area (Å²) >= 11 is 1.43. The molecule has 62 valence electrons. The Morgan fingerprint density at radius 2 is 2.27 bits per heavy atom. The van der Waals surface area contributed by atoms with Crippen molar-refractivity contribution >= 4 is 17.9 Å². The van der Waals surface area contributed by atoms with Crippen LogP contribution in [-0.4, -0.2) is 28.7 Å². The van der Waals surface area contributed by atoms with Crippen LogP contribution in [-0.2, 0) is 4.79 Å². The predicted molar refractivity (Wildman–Crippen MR) is 47.2 cm³/mol. The molecule has 0 unspecified atom stereocenters. The molecule has 0 bridgehead atoms. The SMILES string of the molecule is C=C/C(=C\N(C)SC)C(=O)O. The molecule has 0 saturated carbocycles. The zero-order valence-corrected chi connectivity index (χ0v) is 7.39. The molecular formula is C7H11NO2S. The first-order chi connectivity index (χ1) is 5.11. The Morgan fingerprint density at radius 1 is 1.73 bits per heavy atom. The Morgan fingerprint density at radius 3 is 2.55 bits per heavy atom. The summed E-state index contributed by atoms with van der Waals surface area (Å²) in [5.41, 5.74) is 0.196. The zero-order valence-electron chi connectivity index (χ0n) is 6.57. The van der Waals surface area contributed by atoms with Gasteiger partial charge < -0.3 is 9.41 Å². The molecule has 0 aliphatic heterocycles. The van der Waals surface area contributed by atoms with Crippen LogP contribution < -0.4 is 0 Å². The second kappa shape index (κ2) is 4.85. The van der Waals surface area contributed by atoms with Crippen molar-refractivity contribution in [2.45, 2.75) is 0 Å². The minimum absolute atomic E-state index is 0.196. The quantitative estimate of drug-likeness (QED) is 0.396. The number of hydrogen-bond donors (Lipinski definition) is 1. The highest BCUT2D eigenvalue weighted by molar-refractivity contribution is 7.96. The number of hydrogen-bond acceptors (Lipinski definition) is 3. The second-order valence-electron chi connectivity index (χ2n) is 1.82. The molecule has 0 aliphatic rings. The number of carbonyl (C=O) groups is 1. The molecule has 1 N–H and O–H groups in total. The van der Waals surface area contributed by atoms with Gasteiger partial charge >= 0.3 is 5.97 Å². The Hall–Kier alpha value is -0.900. The topological polar surface area (TPSA) is 40.5 Å². The summed E-state index contributed by atoms with van der Waals surface area (Å²) in [6.07, 6.45) is 4.69. The van der Waals surface area contributed by atoms with Gasteiger partial charge in [0.15, 0.2) is 0 Å². The van der Waals surface area contributed by atoms with Gasteiger partial charge in [0.05, 0.1) is 5.57 Å². The fourth-order valence-corrected chi connectivity index (χ4v) is 0.663. The van der Waals surface area contributed by atoms with Gasteiger partial charge in [-0.1, -0.05) is 24.6 Å². The minimum Gasteiger partial charge on any atom is -0.478 e. The van der Waals surface area contributed by atoms with Crippen LogP contribution >= 0.6 is 11.9 Å². The molecule has 0 fully saturated rings. The van der Waals surface area contributed by atoms with Crippen LogP contribution in [0.5, 0.6) is 0 Å². The van der Waals surface area contributed by atoms with Gasteiger partial charge in [-0.05, 0) is 0 Å². The van der Waals surface area contributed by atoms with Crippen LogP contribution in [0.3, 0.4) is 0 Å². The molecule has 0 rings (SSSR count). The van der Waals surface area contributed by atoms with Crippen molar-refractivity contribution in [3.05, 3.63) is 24.4 Å². The van der Waals surface area contributed by atoms with E-state index < -0.39 is 5.97 Å². The van der Waals surface area contributed by atoms with Gasteiger partial charge in [0.2, 0.25) is 0 Å². The summed E-state index contributed by atoms with van der Waals surface area (Å²) in [6.45, 7) is 3.38. The van der Waals surface area contributed by atoms with E-state index in [1.54, 1.807) is 11.4 Å². The number of nitrogens with zero attached hydrogens (tertiary/aromatic N) is 1. The first kappa shape index (κ1) is 10.1. The standard InChI is InChI=1S/C7H11NO2S/c1-4-6(7(9)10)5-8(2)11-3/h4-5H,1H2,2-3H3,(H,9,10)/b6-5+. The predicted octanol–water partition coefficient (Wildman–Crippen LogP) is 1.35. The van der Waals surface area contributed by atoms with E-state index in [1.807, 2.05) is 6.26 Å². The molecular weight excluding hydrogens is 162 g/mol. The van der Waals surface area contributed by atoms with Crippen molar-refractivity contribution in [3.8, 4) is 0 Å². The van der Waals surface area contributed by atoms with Crippen molar-refractivity contribution in [2.24, 2.45) is 0 Å². The van der Waals surface area contributed by atoms with Crippen LogP contribution in [0.1, 0.15) is 0 Å². The molecule has 0 amide bonds. The molecule has 0 saturated heterocycles. The third kappa shape index (κ3) is 3.72. The van der Waals surface area contributed by atoms with E-state index in [-0.39, 0.29) is 5.57 Å². The number of rotatable bonds is 4. The van der Waals surface area contributed by atoms with Crippen LogP contribution in [0, 0.1) is 0 Å². The van der Waals surface area contributed by atoms with Crippen LogP contribution in [0.15, 0.2) is 24.4 Å². The maximum absolute atomic E-state index is 10.4.